The van der Waals surface area contributed by atoms with Gasteiger partial charge in [-0.3, -0.25) is 4.90 Å². The number of amides is 2. The molecule has 134 valence electrons. The highest BCUT2D eigenvalue weighted by molar-refractivity contribution is 5.73. The summed E-state index contributed by atoms with van der Waals surface area (Å²) in [6.45, 7) is 4.27. The fourth-order valence-corrected chi connectivity index (χ4v) is 3.86. The van der Waals surface area contributed by atoms with Gasteiger partial charge < -0.3 is 15.0 Å². The van der Waals surface area contributed by atoms with E-state index in [0.29, 0.717) is 23.9 Å². The molecule has 0 saturated carbocycles. The third-order valence-corrected chi connectivity index (χ3v) is 5.20. The van der Waals surface area contributed by atoms with Crippen LogP contribution in [0.25, 0.3) is 0 Å². The van der Waals surface area contributed by atoms with Crippen molar-refractivity contribution in [1.29, 1.82) is 5.26 Å². The molecule has 0 spiro atoms. The first kappa shape index (κ1) is 17.7. The molecule has 1 N–H and O–H groups in total. The van der Waals surface area contributed by atoms with E-state index in [1.807, 2.05) is 18.2 Å². The zero-order valence-electron chi connectivity index (χ0n) is 14.9. The number of ether oxygens (including phenoxy) is 1. The van der Waals surface area contributed by atoms with Crippen LogP contribution in [-0.2, 0) is 11.3 Å². The summed E-state index contributed by atoms with van der Waals surface area (Å²) in [5, 5.41) is 12.0. The standard InChI is InChI=1S/C19H26N4O2/c1-22(2)19(24)21-10-18-17-6-7-23(12-16(17)13-25-18)11-15-5-3-4-14(8-15)9-20/h3-5,8,16-18H,6-7,10-13H2,1-2H3,(H,21,24)/t16-,17-,18-/m0/s1. The highest BCUT2D eigenvalue weighted by Gasteiger charge is 2.40. The maximum absolute atomic E-state index is 11.7. The van der Waals surface area contributed by atoms with Crippen LogP contribution in [0.15, 0.2) is 24.3 Å². The van der Waals surface area contributed by atoms with Gasteiger partial charge in [0.25, 0.3) is 0 Å². The van der Waals surface area contributed by atoms with Gasteiger partial charge in [0.15, 0.2) is 0 Å². The lowest BCUT2D eigenvalue weighted by Gasteiger charge is -2.35. The first-order chi connectivity index (χ1) is 12.1. The van der Waals surface area contributed by atoms with E-state index in [-0.39, 0.29) is 12.1 Å². The Kier molecular flexibility index (Phi) is 5.57. The zero-order chi connectivity index (χ0) is 17.8. The number of nitrogens with zero attached hydrogens (tertiary/aromatic N) is 3. The summed E-state index contributed by atoms with van der Waals surface area (Å²) in [5.41, 5.74) is 1.90. The van der Waals surface area contributed by atoms with Crippen molar-refractivity contribution in [3.05, 3.63) is 35.4 Å². The normalized spacial score (nSPS) is 25.9. The Balaban J connectivity index is 1.51. The van der Waals surface area contributed by atoms with Gasteiger partial charge in [-0.2, -0.15) is 5.26 Å². The SMILES string of the molecule is CN(C)C(=O)NC[C@@H]1OC[C@@H]2CN(Cc3cccc(C#N)c3)CC[C@@H]21. The topological polar surface area (TPSA) is 68.6 Å². The number of urea groups is 1. The molecule has 2 amide bonds. The highest BCUT2D eigenvalue weighted by Crippen LogP contribution is 2.34. The van der Waals surface area contributed by atoms with Crippen molar-refractivity contribution in [2.45, 2.75) is 19.1 Å². The molecule has 0 aliphatic carbocycles. The monoisotopic (exact) mass is 342 g/mol. The number of likely N-dealkylation sites (tertiary alicyclic amines) is 1. The Morgan fingerprint density at radius 3 is 3.08 bits per heavy atom. The van der Waals surface area contributed by atoms with Crippen LogP contribution in [0.2, 0.25) is 0 Å². The molecule has 6 nitrogen and oxygen atoms in total. The van der Waals surface area contributed by atoms with Crippen LogP contribution in [0.1, 0.15) is 17.5 Å². The van der Waals surface area contributed by atoms with Crippen molar-refractivity contribution < 1.29 is 9.53 Å². The number of hydrogen-bond donors (Lipinski definition) is 1. The second-order valence-corrected chi connectivity index (χ2v) is 7.21. The molecular weight excluding hydrogens is 316 g/mol. The molecule has 0 aromatic heterocycles. The van der Waals surface area contributed by atoms with E-state index in [1.54, 1.807) is 19.0 Å². The molecule has 3 rings (SSSR count). The summed E-state index contributed by atoms with van der Waals surface area (Å²) in [6.07, 6.45) is 1.21. The first-order valence-corrected chi connectivity index (χ1v) is 8.85. The number of carbonyl (C=O) groups excluding carboxylic acids is 1. The molecule has 2 saturated heterocycles. The summed E-state index contributed by atoms with van der Waals surface area (Å²) in [5.74, 6) is 1.04. The van der Waals surface area contributed by atoms with Crippen LogP contribution in [0.3, 0.4) is 0 Å². The predicted molar refractivity (Wildman–Crippen MR) is 94.9 cm³/mol. The van der Waals surface area contributed by atoms with Gasteiger partial charge in [0, 0.05) is 39.6 Å². The lowest BCUT2D eigenvalue weighted by atomic mass is 9.84. The predicted octanol–water partition coefficient (Wildman–Crippen LogP) is 1.67. The average Bonchev–Trinajstić information content (AvgIpc) is 3.02. The van der Waals surface area contributed by atoms with E-state index in [2.05, 4.69) is 22.4 Å². The summed E-state index contributed by atoms with van der Waals surface area (Å²) < 4.78 is 5.96. The van der Waals surface area contributed by atoms with Crippen LogP contribution in [-0.4, -0.2) is 62.3 Å². The minimum absolute atomic E-state index is 0.0677. The van der Waals surface area contributed by atoms with Crippen molar-refractivity contribution in [1.82, 2.24) is 15.1 Å². The molecule has 1 aromatic carbocycles. The van der Waals surface area contributed by atoms with Gasteiger partial charge in [0.1, 0.15) is 0 Å². The number of hydrogen-bond acceptors (Lipinski definition) is 4. The zero-order valence-corrected chi connectivity index (χ0v) is 14.9. The van der Waals surface area contributed by atoms with E-state index in [9.17, 15) is 4.79 Å². The Morgan fingerprint density at radius 1 is 1.48 bits per heavy atom. The Bertz CT molecular complexity index is 655. The minimum atomic E-state index is -0.0677. The molecule has 25 heavy (non-hydrogen) atoms. The minimum Gasteiger partial charge on any atom is -0.376 e. The number of nitrogens with one attached hydrogen (secondary N) is 1. The highest BCUT2D eigenvalue weighted by atomic mass is 16.5. The lowest BCUT2D eigenvalue weighted by molar-refractivity contribution is 0.0846. The third-order valence-electron chi connectivity index (χ3n) is 5.20. The number of carbonyl (C=O) groups is 1. The third kappa shape index (κ3) is 4.30. The van der Waals surface area contributed by atoms with Crippen molar-refractivity contribution in [2.75, 3.05) is 40.3 Å². The molecule has 2 fully saturated rings. The Hall–Kier alpha value is -2.10. The summed E-state index contributed by atoms with van der Waals surface area (Å²) in [4.78, 5) is 15.7. The van der Waals surface area contributed by atoms with Gasteiger partial charge in [0.05, 0.1) is 24.3 Å². The van der Waals surface area contributed by atoms with E-state index in [1.165, 1.54) is 5.56 Å². The molecule has 0 radical (unpaired) electrons. The molecular formula is C19H26N4O2. The number of nitriles is 1. The second kappa shape index (κ2) is 7.85. The van der Waals surface area contributed by atoms with Crippen LogP contribution in [0, 0.1) is 23.2 Å². The number of piperidine rings is 1. The van der Waals surface area contributed by atoms with Crippen molar-refractivity contribution >= 4 is 6.03 Å². The van der Waals surface area contributed by atoms with E-state index < -0.39 is 0 Å². The van der Waals surface area contributed by atoms with Gasteiger partial charge >= 0.3 is 6.03 Å². The van der Waals surface area contributed by atoms with Gasteiger partial charge in [0.2, 0.25) is 0 Å². The largest absolute Gasteiger partial charge is 0.376 e. The number of fused-ring (bicyclic) bond motifs is 1. The van der Waals surface area contributed by atoms with Crippen LogP contribution >= 0.6 is 0 Å². The molecule has 2 aliphatic rings. The maximum atomic E-state index is 11.7. The fourth-order valence-electron chi connectivity index (χ4n) is 3.86. The quantitative estimate of drug-likeness (QED) is 0.904. The number of benzene rings is 1. The first-order valence-electron chi connectivity index (χ1n) is 8.85. The van der Waals surface area contributed by atoms with Crippen LogP contribution in [0.5, 0.6) is 0 Å². The molecule has 0 bridgehead atoms. The maximum Gasteiger partial charge on any atom is 0.316 e. The molecule has 1 aromatic rings. The fraction of sp³-hybridized carbons (Fsp3) is 0.579. The summed E-state index contributed by atoms with van der Waals surface area (Å²) >= 11 is 0. The number of rotatable bonds is 4. The van der Waals surface area contributed by atoms with Crippen molar-refractivity contribution in [3.63, 3.8) is 0 Å². The van der Waals surface area contributed by atoms with E-state index in [4.69, 9.17) is 10.00 Å². The Morgan fingerprint density at radius 2 is 2.32 bits per heavy atom. The Labute approximate surface area is 149 Å². The van der Waals surface area contributed by atoms with Gasteiger partial charge in [-0.15, -0.1) is 0 Å². The van der Waals surface area contributed by atoms with Crippen LogP contribution < -0.4 is 5.32 Å². The lowest BCUT2D eigenvalue weighted by Crippen LogP contribution is -2.45. The van der Waals surface area contributed by atoms with Gasteiger partial charge in [-0.1, -0.05) is 12.1 Å². The van der Waals surface area contributed by atoms with Crippen LogP contribution in [0.4, 0.5) is 4.79 Å². The second-order valence-electron chi connectivity index (χ2n) is 7.21. The molecule has 0 unspecified atom stereocenters. The van der Waals surface area contributed by atoms with Crippen molar-refractivity contribution in [3.8, 4) is 6.07 Å². The smallest absolute Gasteiger partial charge is 0.316 e. The summed E-state index contributed by atoms with van der Waals surface area (Å²) in [6, 6.07) is 9.97. The van der Waals surface area contributed by atoms with Gasteiger partial charge in [-0.05, 0) is 36.6 Å². The van der Waals surface area contributed by atoms with Crippen molar-refractivity contribution in [2.24, 2.45) is 11.8 Å². The molecule has 6 heteroatoms. The van der Waals surface area contributed by atoms with E-state index >= 15 is 0 Å². The van der Waals surface area contributed by atoms with Gasteiger partial charge in [-0.25, -0.2) is 4.79 Å². The van der Waals surface area contributed by atoms with E-state index in [0.717, 1.165) is 32.7 Å². The average molecular weight is 342 g/mol. The molecule has 2 heterocycles. The molecule has 3 atom stereocenters. The molecule has 2 aliphatic heterocycles. The summed E-state index contributed by atoms with van der Waals surface area (Å²) in [7, 11) is 3.49.